The lowest BCUT2D eigenvalue weighted by Crippen LogP contribution is -2.19. The highest BCUT2D eigenvalue weighted by molar-refractivity contribution is 6.08. The Balaban J connectivity index is 1.54. The van der Waals surface area contributed by atoms with E-state index in [4.69, 9.17) is 0 Å². The number of benzene rings is 2. The van der Waals surface area contributed by atoms with Crippen LogP contribution in [0.4, 0.5) is 4.39 Å². The highest BCUT2D eigenvalue weighted by Gasteiger charge is 2.30. The SMILES string of the molecule is C[C@@H]1C/C(=N\NC(=O)c2ccc(-n3cnnn3)cc2)c2c(O)ccc(F)c21. The number of hydrogen-bond donors (Lipinski definition) is 2. The van der Waals surface area contributed by atoms with Gasteiger partial charge in [0.25, 0.3) is 5.91 Å². The number of carbonyl (C=O) groups excluding carboxylic acids is 1. The summed E-state index contributed by atoms with van der Waals surface area (Å²) in [6.45, 7) is 1.85. The zero-order valence-corrected chi connectivity index (χ0v) is 14.3. The van der Waals surface area contributed by atoms with Gasteiger partial charge in [0.15, 0.2) is 0 Å². The molecular formula is C18H15FN6O2. The van der Waals surface area contributed by atoms with Gasteiger partial charge in [-0.3, -0.25) is 4.79 Å². The molecule has 0 unspecified atom stereocenters. The van der Waals surface area contributed by atoms with Crippen LogP contribution in [0.15, 0.2) is 47.8 Å². The van der Waals surface area contributed by atoms with Crippen LogP contribution in [0.5, 0.6) is 5.75 Å². The molecule has 3 aromatic rings. The molecule has 2 N–H and O–H groups in total. The molecule has 4 rings (SSSR count). The molecule has 27 heavy (non-hydrogen) atoms. The molecule has 0 spiro atoms. The lowest BCUT2D eigenvalue weighted by molar-refractivity contribution is 0.0954. The maximum Gasteiger partial charge on any atom is 0.271 e. The number of carbonyl (C=O) groups is 1. The number of nitrogens with zero attached hydrogens (tertiary/aromatic N) is 5. The first-order valence-electron chi connectivity index (χ1n) is 8.26. The first-order chi connectivity index (χ1) is 13.0. The Morgan fingerprint density at radius 3 is 2.78 bits per heavy atom. The Morgan fingerprint density at radius 2 is 2.07 bits per heavy atom. The summed E-state index contributed by atoms with van der Waals surface area (Å²) in [5.74, 6) is -0.972. The van der Waals surface area contributed by atoms with Crippen molar-refractivity contribution in [1.82, 2.24) is 25.6 Å². The second kappa shape index (κ2) is 6.60. The van der Waals surface area contributed by atoms with Crippen LogP contribution in [0.1, 0.15) is 40.7 Å². The molecule has 1 aliphatic rings. The predicted octanol–water partition coefficient (Wildman–Crippen LogP) is 2.15. The van der Waals surface area contributed by atoms with E-state index in [0.717, 1.165) is 0 Å². The molecule has 0 radical (unpaired) electrons. The molecule has 0 bridgehead atoms. The highest BCUT2D eigenvalue weighted by Crippen LogP contribution is 2.39. The molecule has 8 nitrogen and oxygen atoms in total. The maximum absolute atomic E-state index is 14.0. The van der Waals surface area contributed by atoms with Crippen LogP contribution in [0.25, 0.3) is 5.69 Å². The highest BCUT2D eigenvalue weighted by atomic mass is 19.1. The summed E-state index contributed by atoms with van der Waals surface area (Å²) in [5.41, 5.74) is 4.81. The average molecular weight is 366 g/mol. The Bertz CT molecular complexity index is 1030. The van der Waals surface area contributed by atoms with Crippen molar-refractivity contribution in [3.8, 4) is 11.4 Å². The van der Waals surface area contributed by atoms with Crippen molar-refractivity contribution in [2.75, 3.05) is 0 Å². The molecule has 0 saturated heterocycles. The number of aromatic nitrogens is 4. The van der Waals surface area contributed by atoms with Gasteiger partial charge in [-0.05, 0) is 59.2 Å². The van der Waals surface area contributed by atoms with Gasteiger partial charge in [-0.1, -0.05) is 6.92 Å². The van der Waals surface area contributed by atoms with E-state index in [2.05, 4.69) is 26.1 Å². The molecule has 0 fully saturated rings. The largest absolute Gasteiger partial charge is 0.507 e. The number of phenolic OH excluding ortho intramolecular Hbond substituents is 1. The maximum atomic E-state index is 14.0. The number of fused-ring (bicyclic) bond motifs is 1. The van der Waals surface area contributed by atoms with E-state index in [0.29, 0.717) is 34.5 Å². The fourth-order valence-electron chi connectivity index (χ4n) is 3.19. The van der Waals surface area contributed by atoms with Crippen LogP contribution in [-0.4, -0.2) is 36.9 Å². The molecule has 0 aliphatic heterocycles. The zero-order chi connectivity index (χ0) is 19.0. The van der Waals surface area contributed by atoms with Crippen LogP contribution >= 0.6 is 0 Å². The molecule has 1 aliphatic carbocycles. The summed E-state index contributed by atoms with van der Waals surface area (Å²) < 4.78 is 15.5. The van der Waals surface area contributed by atoms with Gasteiger partial charge in [-0.25, -0.2) is 14.5 Å². The fourth-order valence-corrected chi connectivity index (χ4v) is 3.19. The molecule has 9 heteroatoms. The number of tetrazole rings is 1. The van der Waals surface area contributed by atoms with Crippen molar-refractivity contribution in [2.24, 2.45) is 5.10 Å². The van der Waals surface area contributed by atoms with Crippen LogP contribution in [-0.2, 0) is 0 Å². The topological polar surface area (TPSA) is 105 Å². The number of phenols is 1. The van der Waals surface area contributed by atoms with Crippen molar-refractivity contribution >= 4 is 11.6 Å². The van der Waals surface area contributed by atoms with Gasteiger partial charge in [0, 0.05) is 16.7 Å². The Hall–Kier alpha value is -3.62. The lowest BCUT2D eigenvalue weighted by atomic mass is 10.0. The minimum atomic E-state index is -0.414. The lowest BCUT2D eigenvalue weighted by Gasteiger charge is -2.06. The number of aromatic hydroxyl groups is 1. The number of hydrogen-bond acceptors (Lipinski definition) is 6. The molecule has 136 valence electrons. The quantitative estimate of drug-likeness (QED) is 0.691. The van der Waals surface area contributed by atoms with Gasteiger partial charge >= 0.3 is 0 Å². The summed E-state index contributed by atoms with van der Waals surface area (Å²) in [6, 6.07) is 9.17. The molecule has 1 atom stereocenters. The van der Waals surface area contributed by atoms with Crippen LogP contribution in [0, 0.1) is 5.82 Å². The van der Waals surface area contributed by atoms with Gasteiger partial charge < -0.3 is 5.11 Å². The van der Waals surface area contributed by atoms with Gasteiger partial charge in [-0.2, -0.15) is 5.10 Å². The van der Waals surface area contributed by atoms with Gasteiger partial charge in [-0.15, -0.1) is 5.10 Å². The van der Waals surface area contributed by atoms with E-state index in [1.165, 1.54) is 23.1 Å². The predicted molar refractivity (Wildman–Crippen MR) is 94.3 cm³/mol. The van der Waals surface area contributed by atoms with E-state index in [1.807, 2.05) is 6.92 Å². The van der Waals surface area contributed by atoms with Crippen LogP contribution in [0.2, 0.25) is 0 Å². The van der Waals surface area contributed by atoms with E-state index >= 15 is 0 Å². The summed E-state index contributed by atoms with van der Waals surface area (Å²) in [7, 11) is 0. The van der Waals surface area contributed by atoms with E-state index in [9.17, 15) is 14.3 Å². The summed E-state index contributed by atoms with van der Waals surface area (Å²) in [5, 5.41) is 25.1. The summed E-state index contributed by atoms with van der Waals surface area (Å²) in [4.78, 5) is 12.3. The normalized spacial score (nSPS) is 17.1. The van der Waals surface area contributed by atoms with Crippen LogP contribution < -0.4 is 5.43 Å². The molecule has 0 saturated carbocycles. The molecule has 1 heterocycles. The third kappa shape index (κ3) is 3.03. The smallest absolute Gasteiger partial charge is 0.271 e. The third-order valence-electron chi connectivity index (χ3n) is 4.49. The Morgan fingerprint density at radius 1 is 1.30 bits per heavy atom. The minimum Gasteiger partial charge on any atom is -0.507 e. The molecule has 1 aromatic heterocycles. The number of nitrogens with one attached hydrogen (secondary N) is 1. The standard InChI is InChI=1S/C18H15FN6O2/c1-10-8-14(17-15(26)7-6-13(19)16(10)17)21-22-18(27)11-2-4-12(5-3-11)25-9-20-23-24-25/h2-7,9-10,26H,8H2,1H3,(H,22,27)/b21-14+/t10-/m1/s1. The van der Waals surface area contributed by atoms with Crippen molar-refractivity contribution < 1.29 is 14.3 Å². The van der Waals surface area contributed by atoms with Gasteiger partial charge in [0.2, 0.25) is 0 Å². The fraction of sp³-hybridized carbons (Fsp3) is 0.167. The monoisotopic (exact) mass is 366 g/mol. The molecule has 2 aromatic carbocycles. The van der Waals surface area contributed by atoms with E-state index in [1.54, 1.807) is 24.3 Å². The minimum absolute atomic E-state index is 0.0467. The molecular weight excluding hydrogens is 351 g/mol. The van der Waals surface area contributed by atoms with Crippen molar-refractivity contribution in [1.29, 1.82) is 0 Å². The number of rotatable bonds is 3. The van der Waals surface area contributed by atoms with Crippen molar-refractivity contribution in [3.63, 3.8) is 0 Å². The number of hydrazone groups is 1. The zero-order valence-electron chi connectivity index (χ0n) is 14.3. The number of amides is 1. The van der Waals surface area contributed by atoms with Gasteiger partial charge in [0.1, 0.15) is 17.9 Å². The second-order valence-corrected chi connectivity index (χ2v) is 6.26. The number of halogens is 1. The second-order valence-electron chi connectivity index (χ2n) is 6.26. The summed E-state index contributed by atoms with van der Waals surface area (Å²) >= 11 is 0. The third-order valence-corrected chi connectivity index (χ3v) is 4.49. The average Bonchev–Trinajstić information content (AvgIpc) is 3.32. The summed E-state index contributed by atoms with van der Waals surface area (Å²) in [6.07, 6.45) is 1.88. The molecule has 1 amide bonds. The first-order valence-corrected chi connectivity index (χ1v) is 8.26. The first kappa shape index (κ1) is 16.8. The van der Waals surface area contributed by atoms with E-state index < -0.39 is 5.91 Å². The Kier molecular flexibility index (Phi) is 4.11. The Labute approximate surface area is 153 Å². The van der Waals surface area contributed by atoms with Crippen molar-refractivity contribution in [2.45, 2.75) is 19.3 Å². The van der Waals surface area contributed by atoms with Crippen molar-refractivity contribution in [3.05, 3.63) is 65.2 Å². The van der Waals surface area contributed by atoms with E-state index in [-0.39, 0.29) is 17.5 Å². The van der Waals surface area contributed by atoms with Gasteiger partial charge in [0.05, 0.1) is 11.4 Å². The van der Waals surface area contributed by atoms with Crippen LogP contribution in [0.3, 0.4) is 0 Å².